The van der Waals surface area contributed by atoms with Crippen LogP contribution in [0, 0.1) is 0 Å². The van der Waals surface area contributed by atoms with E-state index in [1.54, 1.807) is 0 Å². The number of nitrogens with zero attached hydrogens (tertiary/aromatic N) is 2. The molecule has 0 bridgehead atoms. The van der Waals surface area contributed by atoms with Crippen molar-refractivity contribution in [3.63, 3.8) is 0 Å². The van der Waals surface area contributed by atoms with E-state index in [0.717, 1.165) is 13.1 Å². The first-order valence-corrected chi connectivity index (χ1v) is 8.42. The summed E-state index contributed by atoms with van der Waals surface area (Å²) in [5.74, 6) is -0.942. The lowest BCUT2D eigenvalue weighted by Gasteiger charge is -2.40. The quantitative estimate of drug-likeness (QED) is 0.854. The van der Waals surface area contributed by atoms with Gasteiger partial charge < -0.3 is 19.6 Å². The van der Waals surface area contributed by atoms with E-state index in [1.807, 2.05) is 21.6 Å². The molecule has 21 heavy (non-hydrogen) atoms. The molecule has 0 aromatic carbocycles. The zero-order chi connectivity index (χ0) is 15.4. The third-order valence-corrected chi connectivity index (χ3v) is 5.07. The molecule has 2 aliphatic rings. The van der Waals surface area contributed by atoms with Crippen LogP contribution in [0.3, 0.4) is 0 Å². The lowest BCUT2D eigenvalue weighted by atomic mass is 10.1. The first-order valence-electron chi connectivity index (χ1n) is 7.48. The number of piperidine rings is 1. The smallest absolute Gasteiger partial charge is 0.329 e. The minimum Gasteiger partial charge on any atom is -0.480 e. The molecule has 0 aromatic rings. The number of rotatable bonds is 3. The van der Waals surface area contributed by atoms with Crippen molar-refractivity contribution in [2.24, 2.45) is 0 Å². The SMILES string of the molecule is CC1CN(C(=O)N2CCC(OCC(=O)O)CC2)CC(C)S1. The maximum atomic E-state index is 12.5. The molecule has 2 aliphatic heterocycles. The molecule has 0 aliphatic carbocycles. The van der Waals surface area contributed by atoms with Crippen molar-refractivity contribution >= 4 is 23.8 Å². The summed E-state index contributed by atoms with van der Waals surface area (Å²) in [4.78, 5) is 26.8. The number of carbonyl (C=O) groups excluding carboxylic acids is 1. The van der Waals surface area contributed by atoms with E-state index in [-0.39, 0.29) is 18.7 Å². The summed E-state index contributed by atoms with van der Waals surface area (Å²) in [6.45, 7) is 6.98. The number of hydrogen-bond acceptors (Lipinski definition) is 4. The lowest BCUT2D eigenvalue weighted by Crippen LogP contribution is -2.52. The molecule has 2 unspecified atom stereocenters. The van der Waals surface area contributed by atoms with Gasteiger partial charge in [-0.15, -0.1) is 0 Å². The Morgan fingerprint density at radius 2 is 1.71 bits per heavy atom. The molecule has 0 spiro atoms. The summed E-state index contributed by atoms with van der Waals surface area (Å²) in [6, 6.07) is 0.116. The summed E-state index contributed by atoms with van der Waals surface area (Å²) < 4.78 is 5.30. The molecule has 1 N–H and O–H groups in total. The van der Waals surface area contributed by atoms with Crippen LogP contribution in [-0.4, -0.2) is 76.3 Å². The fourth-order valence-corrected chi connectivity index (χ4v) is 4.26. The molecule has 2 amide bonds. The van der Waals surface area contributed by atoms with E-state index >= 15 is 0 Å². The maximum Gasteiger partial charge on any atom is 0.329 e. The van der Waals surface area contributed by atoms with Gasteiger partial charge in [0.2, 0.25) is 0 Å². The highest BCUT2D eigenvalue weighted by Gasteiger charge is 2.31. The number of likely N-dealkylation sites (tertiary alicyclic amines) is 1. The lowest BCUT2D eigenvalue weighted by molar-refractivity contribution is -0.145. The molecule has 2 atom stereocenters. The van der Waals surface area contributed by atoms with Crippen molar-refractivity contribution in [1.29, 1.82) is 0 Å². The van der Waals surface area contributed by atoms with Gasteiger partial charge in [-0.25, -0.2) is 9.59 Å². The van der Waals surface area contributed by atoms with Crippen LogP contribution in [0.4, 0.5) is 4.79 Å². The van der Waals surface area contributed by atoms with Crippen LogP contribution in [0.1, 0.15) is 26.7 Å². The Hall–Kier alpha value is -0.950. The predicted octanol–water partition coefficient (Wildman–Crippen LogP) is 1.50. The van der Waals surface area contributed by atoms with Gasteiger partial charge in [-0.3, -0.25) is 0 Å². The molecule has 2 fully saturated rings. The van der Waals surface area contributed by atoms with E-state index in [9.17, 15) is 9.59 Å². The second kappa shape index (κ2) is 7.35. The van der Waals surface area contributed by atoms with Gasteiger partial charge in [0.15, 0.2) is 0 Å². The van der Waals surface area contributed by atoms with Crippen LogP contribution in [0.25, 0.3) is 0 Å². The molecule has 2 heterocycles. The largest absolute Gasteiger partial charge is 0.480 e. The fraction of sp³-hybridized carbons (Fsp3) is 0.857. The average Bonchev–Trinajstić information content (AvgIpc) is 2.44. The van der Waals surface area contributed by atoms with Crippen molar-refractivity contribution in [3.05, 3.63) is 0 Å². The molecule has 2 saturated heterocycles. The Morgan fingerprint density at radius 1 is 1.14 bits per heavy atom. The number of carbonyl (C=O) groups is 2. The Labute approximate surface area is 129 Å². The molecule has 7 heteroatoms. The highest BCUT2D eigenvalue weighted by atomic mass is 32.2. The number of urea groups is 1. The summed E-state index contributed by atoms with van der Waals surface area (Å²) >= 11 is 1.93. The van der Waals surface area contributed by atoms with Crippen molar-refractivity contribution in [2.45, 2.75) is 43.3 Å². The number of amides is 2. The molecular weight excluding hydrogens is 292 g/mol. The van der Waals surface area contributed by atoms with E-state index in [0.29, 0.717) is 36.4 Å². The Morgan fingerprint density at radius 3 is 2.24 bits per heavy atom. The van der Waals surface area contributed by atoms with Crippen LogP contribution in [0.5, 0.6) is 0 Å². The van der Waals surface area contributed by atoms with Gasteiger partial charge in [0.25, 0.3) is 0 Å². The third-order valence-electron chi connectivity index (χ3n) is 3.85. The van der Waals surface area contributed by atoms with Crippen LogP contribution in [0.15, 0.2) is 0 Å². The highest BCUT2D eigenvalue weighted by Crippen LogP contribution is 2.26. The third kappa shape index (κ3) is 4.78. The van der Waals surface area contributed by atoms with Crippen LogP contribution < -0.4 is 0 Å². The van der Waals surface area contributed by atoms with Crippen molar-refractivity contribution < 1.29 is 19.4 Å². The molecule has 0 saturated carbocycles. The van der Waals surface area contributed by atoms with Gasteiger partial charge in [0.1, 0.15) is 6.61 Å². The topological polar surface area (TPSA) is 70.1 Å². The number of carboxylic acid groups (broad SMARTS) is 1. The summed E-state index contributed by atoms with van der Waals surface area (Å²) in [5, 5.41) is 9.57. The van der Waals surface area contributed by atoms with Crippen LogP contribution >= 0.6 is 11.8 Å². The minimum atomic E-state index is -0.942. The zero-order valence-electron chi connectivity index (χ0n) is 12.7. The number of hydrogen-bond donors (Lipinski definition) is 1. The van der Waals surface area contributed by atoms with Gasteiger partial charge in [-0.2, -0.15) is 11.8 Å². The van der Waals surface area contributed by atoms with Crippen LogP contribution in [0.2, 0.25) is 0 Å². The Kier molecular flexibility index (Phi) is 5.75. The molecule has 120 valence electrons. The highest BCUT2D eigenvalue weighted by molar-refractivity contribution is 8.00. The molecular formula is C14H24N2O4S. The van der Waals surface area contributed by atoms with Gasteiger partial charge in [0, 0.05) is 36.7 Å². The summed E-state index contributed by atoms with van der Waals surface area (Å²) in [7, 11) is 0. The maximum absolute atomic E-state index is 12.5. The van der Waals surface area contributed by atoms with E-state index in [4.69, 9.17) is 9.84 Å². The second-order valence-corrected chi connectivity index (χ2v) is 7.72. The van der Waals surface area contributed by atoms with E-state index in [2.05, 4.69) is 13.8 Å². The first kappa shape index (κ1) is 16.4. The van der Waals surface area contributed by atoms with Crippen LogP contribution in [-0.2, 0) is 9.53 Å². The monoisotopic (exact) mass is 316 g/mol. The Bertz CT molecular complexity index is 375. The molecule has 0 radical (unpaired) electrons. The van der Waals surface area contributed by atoms with Crippen molar-refractivity contribution in [3.8, 4) is 0 Å². The number of thioether (sulfide) groups is 1. The molecule has 0 aromatic heterocycles. The fourth-order valence-electron chi connectivity index (χ4n) is 2.94. The van der Waals surface area contributed by atoms with Crippen molar-refractivity contribution in [1.82, 2.24) is 9.80 Å². The summed E-state index contributed by atoms with van der Waals surface area (Å²) in [5.41, 5.74) is 0. The second-order valence-electron chi connectivity index (χ2n) is 5.84. The average molecular weight is 316 g/mol. The number of carboxylic acids is 1. The molecule has 2 rings (SSSR count). The van der Waals surface area contributed by atoms with Crippen molar-refractivity contribution in [2.75, 3.05) is 32.8 Å². The predicted molar refractivity (Wildman–Crippen MR) is 81.7 cm³/mol. The van der Waals surface area contributed by atoms with Gasteiger partial charge in [-0.1, -0.05) is 13.8 Å². The minimum absolute atomic E-state index is 0.0418. The first-order chi connectivity index (χ1) is 9.95. The molecule has 6 nitrogen and oxygen atoms in total. The van der Waals surface area contributed by atoms with E-state index < -0.39 is 5.97 Å². The normalized spacial score (nSPS) is 27.7. The summed E-state index contributed by atoms with van der Waals surface area (Å²) in [6.07, 6.45) is 1.39. The Balaban J connectivity index is 1.78. The van der Waals surface area contributed by atoms with Gasteiger partial charge in [-0.05, 0) is 12.8 Å². The van der Waals surface area contributed by atoms with E-state index in [1.165, 1.54) is 0 Å². The number of aliphatic carboxylic acids is 1. The standard InChI is InChI=1S/C14H24N2O4S/c1-10-7-16(8-11(2)21-10)14(19)15-5-3-12(4-6-15)20-9-13(17)18/h10-12H,3-9H2,1-2H3,(H,17,18). The van der Waals surface area contributed by atoms with Gasteiger partial charge >= 0.3 is 12.0 Å². The zero-order valence-corrected chi connectivity index (χ0v) is 13.5. The number of ether oxygens (including phenoxy) is 1. The van der Waals surface area contributed by atoms with Gasteiger partial charge in [0.05, 0.1) is 6.10 Å².